The number of aromatic nitrogens is 3. The van der Waals surface area contributed by atoms with Gasteiger partial charge in [-0.1, -0.05) is 42.5 Å². The number of amides is 1. The molecule has 1 amide bonds. The average Bonchev–Trinajstić information content (AvgIpc) is 3.39. The summed E-state index contributed by atoms with van der Waals surface area (Å²) in [4.78, 5) is 17.1. The third-order valence-corrected chi connectivity index (χ3v) is 4.55. The number of nitrogens with zero attached hydrogens (tertiary/aromatic N) is 2. The second-order valence-corrected chi connectivity index (χ2v) is 6.52. The highest BCUT2D eigenvalue weighted by molar-refractivity contribution is 5.96. The van der Waals surface area contributed by atoms with Crippen LogP contribution < -0.4 is 5.32 Å². The molecule has 1 aliphatic carbocycles. The van der Waals surface area contributed by atoms with Crippen LogP contribution in [0.2, 0.25) is 0 Å². The van der Waals surface area contributed by atoms with Crippen LogP contribution in [0.1, 0.15) is 43.0 Å². The molecule has 1 fully saturated rings. The minimum Gasteiger partial charge on any atom is -0.326 e. The van der Waals surface area contributed by atoms with E-state index in [0.717, 1.165) is 22.6 Å². The van der Waals surface area contributed by atoms with E-state index in [4.69, 9.17) is 0 Å². The summed E-state index contributed by atoms with van der Waals surface area (Å²) < 4.78 is 0. The maximum atomic E-state index is 12.5. The van der Waals surface area contributed by atoms with Gasteiger partial charge < -0.3 is 5.32 Å². The summed E-state index contributed by atoms with van der Waals surface area (Å²) >= 11 is 0. The smallest absolute Gasteiger partial charge is 0.231 e. The van der Waals surface area contributed by atoms with Crippen molar-refractivity contribution >= 4 is 11.6 Å². The van der Waals surface area contributed by atoms with Crippen molar-refractivity contribution in [1.29, 1.82) is 0 Å². The normalized spacial score (nSPS) is 14.9. The lowest BCUT2D eigenvalue weighted by Gasteiger charge is -2.13. The number of hydrogen-bond acceptors (Lipinski definition) is 3. The van der Waals surface area contributed by atoms with Crippen LogP contribution in [-0.4, -0.2) is 21.1 Å². The Labute approximate surface area is 146 Å². The van der Waals surface area contributed by atoms with Gasteiger partial charge in [0.1, 0.15) is 5.82 Å². The molecule has 1 heterocycles. The second-order valence-electron chi connectivity index (χ2n) is 6.52. The van der Waals surface area contributed by atoms with E-state index < -0.39 is 0 Å². The third kappa shape index (κ3) is 3.45. The first kappa shape index (κ1) is 15.6. The minimum atomic E-state index is -0.213. The third-order valence-electron chi connectivity index (χ3n) is 4.55. The van der Waals surface area contributed by atoms with Gasteiger partial charge in [-0.05, 0) is 37.5 Å². The number of H-pyrrole nitrogens is 1. The van der Waals surface area contributed by atoms with Gasteiger partial charge in [0, 0.05) is 17.2 Å². The maximum absolute atomic E-state index is 12.5. The number of carbonyl (C=O) groups excluding carboxylic acids is 1. The predicted octanol–water partition coefficient (Wildman–Crippen LogP) is 4.09. The Morgan fingerprint density at radius 3 is 2.72 bits per heavy atom. The maximum Gasteiger partial charge on any atom is 0.231 e. The molecule has 1 aromatic heterocycles. The van der Waals surface area contributed by atoms with Crippen molar-refractivity contribution in [3.8, 4) is 11.4 Å². The Morgan fingerprint density at radius 1 is 1.16 bits per heavy atom. The first-order valence-electron chi connectivity index (χ1n) is 8.59. The van der Waals surface area contributed by atoms with Crippen LogP contribution >= 0.6 is 0 Å². The van der Waals surface area contributed by atoms with E-state index in [1.54, 1.807) is 0 Å². The molecule has 0 saturated heterocycles. The molecule has 1 aliphatic rings. The van der Waals surface area contributed by atoms with Crippen LogP contribution in [0.15, 0.2) is 54.6 Å². The summed E-state index contributed by atoms with van der Waals surface area (Å²) in [5.41, 5.74) is 2.65. The fourth-order valence-corrected chi connectivity index (χ4v) is 2.82. The highest BCUT2D eigenvalue weighted by Crippen LogP contribution is 2.38. The summed E-state index contributed by atoms with van der Waals surface area (Å²) in [6, 6.07) is 17.4. The molecule has 5 nitrogen and oxygen atoms in total. The summed E-state index contributed by atoms with van der Waals surface area (Å²) in [5, 5.41) is 10.3. The fourth-order valence-electron chi connectivity index (χ4n) is 2.82. The molecule has 0 spiro atoms. The van der Waals surface area contributed by atoms with Crippen molar-refractivity contribution in [2.24, 2.45) is 0 Å². The van der Waals surface area contributed by atoms with Crippen LogP contribution in [-0.2, 0) is 4.79 Å². The van der Waals surface area contributed by atoms with E-state index in [9.17, 15) is 4.79 Å². The lowest BCUT2D eigenvalue weighted by atomic mass is 10.0. The standard InChI is InChI=1S/C20H20N4O/c1-13(14-6-3-2-4-7-14)20(25)21-17-9-5-8-16(12-17)19-22-18(23-24-19)15-10-11-15/h2-9,12-13,15H,10-11H2,1H3,(H,21,25)(H,22,23,24)/t13-/m1/s1. The number of carbonyl (C=O) groups is 1. The minimum absolute atomic E-state index is 0.0305. The summed E-state index contributed by atoms with van der Waals surface area (Å²) in [5.74, 6) is 1.93. The average molecular weight is 332 g/mol. The van der Waals surface area contributed by atoms with Gasteiger partial charge in [0.2, 0.25) is 5.91 Å². The van der Waals surface area contributed by atoms with E-state index >= 15 is 0 Å². The number of rotatable bonds is 5. The first-order chi connectivity index (χ1) is 12.2. The first-order valence-corrected chi connectivity index (χ1v) is 8.59. The molecular formula is C20H20N4O. The topological polar surface area (TPSA) is 70.7 Å². The Bertz CT molecular complexity index is 883. The van der Waals surface area contributed by atoms with Gasteiger partial charge >= 0.3 is 0 Å². The molecule has 25 heavy (non-hydrogen) atoms. The predicted molar refractivity (Wildman–Crippen MR) is 97.3 cm³/mol. The van der Waals surface area contributed by atoms with E-state index in [2.05, 4.69) is 20.5 Å². The molecule has 2 aromatic carbocycles. The Kier molecular flexibility index (Phi) is 4.06. The highest BCUT2D eigenvalue weighted by Gasteiger charge is 2.27. The summed E-state index contributed by atoms with van der Waals surface area (Å²) in [6.07, 6.45) is 2.37. The van der Waals surface area contributed by atoms with Crippen molar-refractivity contribution in [3.63, 3.8) is 0 Å². The van der Waals surface area contributed by atoms with Crippen LogP contribution in [0.4, 0.5) is 5.69 Å². The molecule has 0 radical (unpaired) electrons. The Balaban J connectivity index is 1.50. The number of hydrogen-bond donors (Lipinski definition) is 2. The number of anilines is 1. The molecule has 0 aliphatic heterocycles. The SMILES string of the molecule is C[C@@H](C(=O)Nc1cccc(-c2n[nH]c(C3CC3)n2)c1)c1ccccc1. The van der Waals surface area contributed by atoms with E-state index in [1.165, 1.54) is 12.8 Å². The lowest BCUT2D eigenvalue weighted by molar-refractivity contribution is -0.117. The van der Waals surface area contributed by atoms with Gasteiger partial charge in [0.05, 0.1) is 5.92 Å². The molecule has 126 valence electrons. The van der Waals surface area contributed by atoms with Crippen LogP contribution in [0.3, 0.4) is 0 Å². The van der Waals surface area contributed by atoms with Crippen LogP contribution in [0.25, 0.3) is 11.4 Å². The molecule has 0 unspecified atom stereocenters. The largest absolute Gasteiger partial charge is 0.326 e. The van der Waals surface area contributed by atoms with Crippen molar-refractivity contribution < 1.29 is 4.79 Å². The van der Waals surface area contributed by atoms with Gasteiger partial charge in [0.15, 0.2) is 5.82 Å². The zero-order valence-corrected chi connectivity index (χ0v) is 14.1. The molecular weight excluding hydrogens is 312 g/mol. The molecule has 0 bridgehead atoms. The van der Waals surface area contributed by atoms with Crippen molar-refractivity contribution in [2.75, 3.05) is 5.32 Å². The Morgan fingerprint density at radius 2 is 1.96 bits per heavy atom. The van der Waals surface area contributed by atoms with Gasteiger partial charge in [-0.2, -0.15) is 5.10 Å². The van der Waals surface area contributed by atoms with Crippen LogP contribution in [0, 0.1) is 0 Å². The molecule has 2 N–H and O–H groups in total. The van der Waals surface area contributed by atoms with E-state index in [0.29, 0.717) is 11.7 Å². The molecule has 4 rings (SSSR count). The number of benzene rings is 2. The second kappa shape index (κ2) is 6.51. The van der Waals surface area contributed by atoms with Crippen LogP contribution in [0.5, 0.6) is 0 Å². The molecule has 1 saturated carbocycles. The zero-order valence-electron chi connectivity index (χ0n) is 14.1. The van der Waals surface area contributed by atoms with E-state index in [1.807, 2.05) is 61.5 Å². The Hall–Kier alpha value is -2.95. The number of nitrogens with one attached hydrogen (secondary N) is 2. The monoisotopic (exact) mass is 332 g/mol. The number of aromatic amines is 1. The summed E-state index contributed by atoms with van der Waals surface area (Å²) in [7, 11) is 0. The molecule has 5 heteroatoms. The van der Waals surface area contributed by atoms with E-state index in [-0.39, 0.29) is 11.8 Å². The molecule has 1 atom stereocenters. The van der Waals surface area contributed by atoms with Gasteiger partial charge in [-0.15, -0.1) is 0 Å². The lowest BCUT2D eigenvalue weighted by Crippen LogP contribution is -2.18. The zero-order chi connectivity index (χ0) is 17.2. The fraction of sp³-hybridized carbons (Fsp3) is 0.250. The van der Waals surface area contributed by atoms with Crippen molar-refractivity contribution in [2.45, 2.75) is 31.6 Å². The van der Waals surface area contributed by atoms with Gasteiger partial charge in [-0.3, -0.25) is 9.89 Å². The van der Waals surface area contributed by atoms with Crippen molar-refractivity contribution in [1.82, 2.24) is 15.2 Å². The highest BCUT2D eigenvalue weighted by atomic mass is 16.1. The molecule has 3 aromatic rings. The quantitative estimate of drug-likeness (QED) is 0.739. The van der Waals surface area contributed by atoms with Gasteiger partial charge in [0.25, 0.3) is 0 Å². The van der Waals surface area contributed by atoms with Crippen molar-refractivity contribution in [3.05, 3.63) is 66.0 Å². The summed E-state index contributed by atoms with van der Waals surface area (Å²) in [6.45, 7) is 1.91. The van der Waals surface area contributed by atoms with Gasteiger partial charge in [-0.25, -0.2) is 4.98 Å².